The highest BCUT2D eigenvalue weighted by Gasteiger charge is 2.22. The molecule has 0 saturated carbocycles. The van der Waals surface area contributed by atoms with Crippen LogP contribution in [0.15, 0.2) is 35.4 Å². The molecule has 2 aromatic rings. The SMILES string of the molecule is CCOC[C@H]1CN(Cc2ccoc2)Cc2nccn2C1. The second-order valence-electron chi connectivity index (χ2n) is 5.32. The maximum atomic E-state index is 5.62. The van der Waals surface area contributed by atoms with Crippen LogP contribution in [-0.4, -0.2) is 34.2 Å². The molecule has 0 unspecified atom stereocenters. The van der Waals surface area contributed by atoms with Crippen molar-refractivity contribution in [1.82, 2.24) is 14.5 Å². The first-order valence-corrected chi connectivity index (χ1v) is 7.16. The number of hydrogen-bond acceptors (Lipinski definition) is 4. The Morgan fingerprint density at radius 2 is 2.40 bits per heavy atom. The lowest BCUT2D eigenvalue weighted by atomic mass is 10.1. The molecule has 108 valence electrons. The Balaban J connectivity index is 1.73. The standard InChI is InChI=1S/C15H21N3O2/c1-2-19-12-14-8-17(7-13-3-6-20-11-13)10-15-16-4-5-18(15)9-14/h3-6,11,14H,2,7-10,12H2,1H3/t14-/m0/s1. The number of furan rings is 1. The third-order valence-electron chi connectivity index (χ3n) is 3.68. The van der Waals surface area contributed by atoms with Crippen molar-refractivity contribution in [2.45, 2.75) is 26.6 Å². The molecule has 3 heterocycles. The summed E-state index contributed by atoms with van der Waals surface area (Å²) < 4.78 is 13.0. The molecule has 0 N–H and O–H groups in total. The third-order valence-corrected chi connectivity index (χ3v) is 3.68. The van der Waals surface area contributed by atoms with Crippen LogP contribution in [0.2, 0.25) is 0 Å². The van der Waals surface area contributed by atoms with Crippen LogP contribution in [0, 0.1) is 5.92 Å². The van der Waals surface area contributed by atoms with Gasteiger partial charge >= 0.3 is 0 Å². The Labute approximate surface area is 119 Å². The van der Waals surface area contributed by atoms with Crippen molar-refractivity contribution in [2.24, 2.45) is 5.92 Å². The molecule has 1 aliphatic heterocycles. The Hall–Kier alpha value is -1.59. The maximum absolute atomic E-state index is 5.62. The third kappa shape index (κ3) is 3.11. The molecule has 5 nitrogen and oxygen atoms in total. The topological polar surface area (TPSA) is 43.4 Å². The van der Waals surface area contributed by atoms with Crippen LogP contribution >= 0.6 is 0 Å². The molecule has 1 aliphatic rings. The van der Waals surface area contributed by atoms with Crippen molar-refractivity contribution in [3.05, 3.63) is 42.4 Å². The molecule has 0 fully saturated rings. The van der Waals surface area contributed by atoms with Crippen LogP contribution in [-0.2, 0) is 24.4 Å². The first-order valence-electron chi connectivity index (χ1n) is 7.16. The van der Waals surface area contributed by atoms with E-state index in [0.29, 0.717) is 5.92 Å². The van der Waals surface area contributed by atoms with Gasteiger partial charge < -0.3 is 13.7 Å². The van der Waals surface area contributed by atoms with Gasteiger partial charge in [-0.15, -0.1) is 0 Å². The second kappa shape index (κ2) is 6.24. The molecule has 3 rings (SSSR count). The van der Waals surface area contributed by atoms with Crippen LogP contribution in [0.25, 0.3) is 0 Å². The van der Waals surface area contributed by atoms with Gasteiger partial charge in [-0.2, -0.15) is 0 Å². The minimum Gasteiger partial charge on any atom is -0.472 e. The van der Waals surface area contributed by atoms with Crippen LogP contribution < -0.4 is 0 Å². The smallest absolute Gasteiger partial charge is 0.122 e. The van der Waals surface area contributed by atoms with Crippen molar-refractivity contribution in [1.29, 1.82) is 0 Å². The molecule has 0 spiro atoms. The van der Waals surface area contributed by atoms with E-state index < -0.39 is 0 Å². The summed E-state index contributed by atoms with van der Waals surface area (Å²) >= 11 is 0. The normalized spacial score (nSPS) is 19.8. The highest BCUT2D eigenvalue weighted by molar-refractivity contribution is 5.06. The lowest BCUT2D eigenvalue weighted by Crippen LogP contribution is -2.30. The molecule has 0 radical (unpaired) electrons. The van der Waals surface area contributed by atoms with Crippen LogP contribution in [0.3, 0.4) is 0 Å². The monoisotopic (exact) mass is 275 g/mol. The van der Waals surface area contributed by atoms with Crippen molar-refractivity contribution in [3.8, 4) is 0 Å². The van der Waals surface area contributed by atoms with Crippen LogP contribution in [0.4, 0.5) is 0 Å². The van der Waals surface area contributed by atoms with Gasteiger partial charge in [0.2, 0.25) is 0 Å². The summed E-state index contributed by atoms with van der Waals surface area (Å²) in [4.78, 5) is 6.89. The van der Waals surface area contributed by atoms with E-state index in [1.54, 1.807) is 6.26 Å². The zero-order valence-corrected chi connectivity index (χ0v) is 11.9. The summed E-state index contributed by atoms with van der Waals surface area (Å²) in [6.07, 6.45) is 7.49. The molecule has 20 heavy (non-hydrogen) atoms. The maximum Gasteiger partial charge on any atom is 0.122 e. The molecule has 0 aliphatic carbocycles. The number of nitrogens with zero attached hydrogens (tertiary/aromatic N) is 3. The Morgan fingerprint density at radius 3 is 3.20 bits per heavy atom. The van der Waals surface area contributed by atoms with E-state index in [0.717, 1.165) is 45.2 Å². The fourth-order valence-corrected chi connectivity index (χ4v) is 2.77. The van der Waals surface area contributed by atoms with Crippen molar-refractivity contribution in [2.75, 3.05) is 19.8 Å². The van der Waals surface area contributed by atoms with E-state index in [1.165, 1.54) is 5.56 Å². The molecule has 5 heteroatoms. The van der Waals surface area contributed by atoms with Gasteiger partial charge in [0, 0.05) is 50.1 Å². The quantitative estimate of drug-likeness (QED) is 0.838. The molecule has 0 bridgehead atoms. The first kappa shape index (κ1) is 13.4. The minimum atomic E-state index is 0.498. The molecule has 1 atom stereocenters. The number of fused-ring (bicyclic) bond motifs is 1. The highest BCUT2D eigenvalue weighted by Crippen LogP contribution is 2.18. The molecule has 0 amide bonds. The predicted octanol–water partition coefficient (Wildman–Crippen LogP) is 2.14. The zero-order chi connectivity index (χ0) is 13.8. The summed E-state index contributed by atoms with van der Waals surface area (Å²) in [5.41, 5.74) is 1.21. The first-order chi connectivity index (χ1) is 9.85. The average molecular weight is 275 g/mol. The van der Waals surface area contributed by atoms with Gasteiger partial charge in [-0.05, 0) is 13.0 Å². The van der Waals surface area contributed by atoms with E-state index in [1.807, 2.05) is 25.5 Å². The zero-order valence-electron chi connectivity index (χ0n) is 11.9. The van der Waals surface area contributed by atoms with Crippen LogP contribution in [0.1, 0.15) is 18.3 Å². The number of ether oxygens (including phenoxy) is 1. The number of imidazole rings is 1. The lowest BCUT2D eigenvalue weighted by molar-refractivity contribution is 0.0851. The predicted molar refractivity (Wildman–Crippen MR) is 75.0 cm³/mol. The number of hydrogen-bond donors (Lipinski definition) is 0. The van der Waals surface area contributed by atoms with E-state index in [9.17, 15) is 0 Å². The summed E-state index contributed by atoms with van der Waals surface area (Å²) in [6, 6.07) is 2.02. The average Bonchev–Trinajstić information content (AvgIpc) is 3.06. The van der Waals surface area contributed by atoms with Crippen molar-refractivity contribution >= 4 is 0 Å². The van der Waals surface area contributed by atoms with E-state index in [-0.39, 0.29) is 0 Å². The molecular weight excluding hydrogens is 254 g/mol. The van der Waals surface area contributed by atoms with Crippen LogP contribution in [0.5, 0.6) is 0 Å². The largest absolute Gasteiger partial charge is 0.472 e. The molecule has 0 saturated heterocycles. The Kier molecular flexibility index (Phi) is 4.18. The fraction of sp³-hybridized carbons (Fsp3) is 0.533. The summed E-state index contributed by atoms with van der Waals surface area (Å²) in [6.45, 7) is 7.40. The van der Waals surface area contributed by atoms with Gasteiger partial charge in [0.1, 0.15) is 5.82 Å². The summed E-state index contributed by atoms with van der Waals surface area (Å²) in [7, 11) is 0. The van der Waals surface area contributed by atoms with Gasteiger partial charge in [-0.3, -0.25) is 4.90 Å². The van der Waals surface area contributed by atoms with E-state index in [4.69, 9.17) is 9.15 Å². The Bertz CT molecular complexity index is 521. The summed E-state index contributed by atoms with van der Waals surface area (Å²) in [5.74, 6) is 1.63. The van der Waals surface area contributed by atoms with Gasteiger partial charge in [0.05, 0.1) is 25.7 Å². The second-order valence-corrected chi connectivity index (χ2v) is 5.32. The van der Waals surface area contributed by atoms with Gasteiger partial charge in [-0.1, -0.05) is 0 Å². The van der Waals surface area contributed by atoms with Crippen molar-refractivity contribution < 1.29 is 9.15 Å². The summed E-state index contributed by atoms with van der Waals surface area (Å²) in [5, 5.41) is 0. The molecule has 0 aromatic carbocycles. The fourth-order valence-electron chi connectivity index (χ4n) is 2.77. The Morgan fingerprint density at radius 1 is 1.45 bits per heavy atom. The number of rotatable bonds is 5. The van der Waals surface area contributed by atoms with Gasteiger partial charge in [0.25, 0.3) is 0 Å². The minimum absolute atomic E-state index is 0.498. The van der Waals surface area contributed by atoms with Gasteiger partial charge in [0.15, 0.2) is 0 Å². The highest BCUT2D eigenvalue weighted by atomic mass is 16.5. The molecular formula is C15H21N3O2. The number of aromatic nitrogens is 2. The van der Waals surface area contributed by atoms with Crippen molar-refractivity contribution in [3.63, 3.8) is 0 Å². The molecule has 2 aromatic heterocycles. The van der Waals surface area contributed by atoms with Gasteiger partial charge in [-0.25, -0.2) is 4.98 Å². The van der Waals surface area contributed by atoms with E-state index >= 15 is 0 Å². The lowest BCUT2D eigenvalue weighted by Gasteiger charge is -2.23. The van der Waals surface area contributed by atoms with E-state index in [2.05, 4.69) is 20.6 Å².